The number of benzene rings is 1. The summed E-state index contributed by atoms with van der Waals surface area (Å²) in [4.78, 5) is 0. The van der Waals surface area contributed by atoms with Gasteiger partial charge in [-0.1, -0.05) is 19.1 Å². The van der Waals surface area contributed by atoms with Gasteiger partial charge in [0.15, 0.2) is 0 Å². The highest BCUT2D eigenvalue weighted by Crippen LogP contribution is 2.11. The third-order valence-corrected chi connectivity index (χ3v) is 3.28. The van der Waals surface area contributed by atoms with Crippen molar-refractivity contribution in [1.29, 1.82) is 0 Å². The average molecular weight is 239 g/mol. The van der Waals surface area contributed by atoms with E-state index in [2.05, 4.69) is 24.4 Å². The minimum Gasteiger partial charge on any atom is -0.497 e. The van der Waals surface area contributed by atoms with Gasteiger partial charge in [0.2, 0.25) is 0 Å². The molecule has 0 heterocycles. The molecule has 16 heavy (non-hydrogen) atoms. The lowest BCUT2D eigenvalue weighted by Crippen LogP contribution is -2.20. The molecule has 0 unspecified atom stereocenters. The van der Waals surface area contributed by atoms with Crippen molar-refractivity contribution < 1.29 is 4.74 Å². The SMILES string of the molecule is CCSCCNCCc1ccc(OC)cc1. The van der Waals surface area contributed by atoms with E-state index < -0.39 is 0 Å². The standard InChI is InChI=1S/C13H21NOS/c1-3-16-11-10-14-9-8-12-4-6-13(15-2)7-5-12/h4-7,14H,3,8-11H2,1-2H3. The molecule has 1 N–H and O–H groups in total. The van der Waals surface area contributed by atoms with Crippen LogP contribution in [0.2, 0.25) is 0 Å². The summed E-state index contributed by atoms with van der Waals surface area (Å²) < 4.78 is 5.12. The van der Waals surface area contributed by atoms with E-state index in [0.717, 1.165) is 25.3 Å². The monoisotopic (exact) mass is 239 g/mol. The van der Waals surface area contributed by atoms with Crippen LogP contribution in [0.3, 0.4) is 0 Å². The van der Waals surface area contributed by atoms with Gasteiger partial charge in [0.05, 0.1) is 7.11 Å². The molecular weight excluding hydrogens is 218 g/mol. The van der Waals surface area contributed by atoms with Crippen molar-refractivity contribution in [3.8, 4) is 5.75 Å². The molecule has 0 saturated heterocycles. The van der Waals surface area contributed by atoms with Gasteiger partial charge in [-0.2, -0.15) is 11.8 Å². The normalized spacial score (nSPS) is 10.4. The van der Waals surface area contributed by atoms with Crippen LogP contribution in [0.5, 0.6) is 5.75 Å². The van der Waals surface area contributed by atoms with Crippen LogP contribution in [-0.2, 0) is 6.42 Å². The van der Waals surface area contributed by atoms with Crippen LogP contribution in [-0.4, -0.2) is 31.7 Å². The highest BCUT2D eigenvalue weighted by molar-refractivity contribution is 7.99. The number of nitrogens with one attached hydrogen (secondary N) is 1. The molecule has 0 aliphatic rings. The van der Waals surface area contributed by atoms with E-state index in [1.54, 1.807) is 7.11 Å². The predicted octanol–water partition coefficient (Wildman–Crippen LogP) is 2.58. The number of hydrogen-bond donors (Lipinski definition) is 1. The molecular formula is C13H21NOS. The van der Waals surface area contributed by atoms with Crippen molar-refractivity contribution in [1.82, 2.24) is 5.32 Å². The maximum absolute atomic E-state index is 5.12. The van der Waals surface area contributed by atoms with E-state index in [1.807, 2.05) is 23.9 Å². The van der Waals surface area contributed by atoms with Gasteiger partial charge in [-0.05, 0) is 36.4 Å². The summed E-state index contributed by atoms with van der Waals surface area (Å²) >= 11 is 1.98. The average Bonchev–Trinajstić information content (AvgIpc) is 2.34. The molecule has 1 aromatic carbocycles. The molecule has 0 aromatic heterocycles. The van der Waals surface area contributed by atoms with Gasteiger partial charge in [-0.25, -0.2) is 0 Å². The highest BCUT2D eigenvalue weighted by Gasteiger charge is 1.94. The Morgan fingerprint density at radius 1 is 1.19 bits per heavy atom. The van der Waals surface area contributed by atoms with Crippen LogP contribution in [0, 0.1) is 0 Å². The summed E-state index contributed by atoms with van der Waals surface area (Å²) in [6, 6.07) is 8.28. The zero-order valence-corrected chi connectivity index (χ0v) is 11.0. The molecule has 2 nitrogen and oxygen atoms in total. The molecule has 3 heteroatoms. The zero-order chi connectivity index (χ0) is 11.6. The summed E-state index contributed by atoms with van der Waals surface area (Å²) in [6.45, 7) is 4.35. The molecule has 0 aliphatic carbocycles. The number of hydrogen-bond acceptors (Lipinski definition) is 3. The zero-order valence-electron chi connectivity index (χ0n) is 10.2. The number of methoxy groups -OCH3 is 1. The summed E-state index contributed by atoms with van der Waals surface area (Å²) in [5.41, 5.74) is 1.36. The van der Waals surface area contributed by atoms with Crippen molar-refractivity contribution in [2.45, 2.75) is 13.3 Å². The fourth-order valence-corrected chi connectivity index (χ4v) is 2.02. The fraction of sp³-hybridized carbons (Fsp3) is 0.538. The maximum atomic E-state index is 5.12. The first-order valence-corrected chi connectivity index (χ1v) is 6.93. The van der Waals surface area contributed by atoms with Gasteiger partial charge in [-0.15, -0.1) is 0 Å². The molecule has 0 fully saturated rings. The predicted molar refractivity (Wildman–Crippen MR) is 72.6 cm³/mol. The Morgan fingerprint density at radius 3 is 2.56 bits per heavy atom. The van der Waals surface area contributed by atoms with Crippen molar-refractivity contribution in [3.05, 3.63) is 29.8 Å². The lowest BCUT2D eigenvalue weighted by molar-refractivity contribution is 0.414. The Bertz CT molecular complexity index is 274. The number of rotatable bonds is 8. The van der Waals surface area contributed by atoms with E-state index in [9.17, 15) is 0 Å². The van der Waals surface area contributed by atoms with Crippen LogP contribution in [0.4, 0.5) is 0 Å². The van der Waals surface area contributed by atoms with Crippen molar-refractivity contribution >= 4 is 11.8 Å². The molecule has 0 radical (unpaired) electrons. The fourth-order valence-electron chi connectivity index (χ4n) is 1.44. The Hall–Kier alpha value is -0.670. The van der Waals surface area contributed by atoms with Crippen LogP contribution >= 0.6 is 11.8 Å². The Balaban J connectivity index is 2.12. The number of ether oxygens (including phenoxy) is 1. The van der Waals surface area contributed by atoms with Crippen LogP contribution in [0.1, 0.15) is 12.5 Å². The molecule has 90 valence electrons. The van der Waals surface area contributed by atoms with E-state index in [4.69, 9.17) is 4.74 Å². The van der Waals surface area contributed by atoms with Crippen molar-refractivity contribution in [2.24, 2.45) is 0 Å². The molecule has 0 bridgehead atoms. The molecule has 0 atom stereocenters. The van der Waals surface area contributed by atoms with E-state index in [-0.39, 0.29) is 0 Å². The minimum atomic E-state index is 0.927. The van der Waals surface area contributed by atoms with Crippen LogP contribution in [0.25, 0.3) is 0 Å². The summed E-state index contributed by atoms with van der Waals surface area (Å²) in [6.07, 6.45) is 1.08. The van der Waals surface area contributed by atoms with E-state index >= 15 is 0 Å². The molecule has 0 saturated carbocycles. The smallest absolute Gasteiger partial charge is 0.118 e. The van der Waals surface area contributed by atoms with E-state index in [0.29, 0.717) is 0 Å². The summed E-state index contributed by atoms with van der Waals surface area (Å²) in [7, 11) is 1.70. The Labute approximate surface area is 103 Å². The molecule has 1 aromatic rings. The first kappa shape index (κ1) is 13.4. The minimum absolute atomic E-state index is 0.927. The van der Waals surface area contributed by atoms with Crippen molar-refractivity contribution in [2.75, 3.05) is 31.7 Å². The van der Waals surface area contributed by atoms with Gasteiger partial charge >= 0.3 is 0 Å². The van der Waals surface area contributed by atoms with E-state index in [1.165, 1.54) is 17.1 Å². The van der Waals surface area contributed by atoms with Crippen molar-refractivity contribution in [3.63, 3.8) is 0 Å². The second-order valence-corrected chi connectivity index (χ2v) is 4.94. The molecule has 1 rings (SSSR count). The topological polar surface area (TPSA) is 21.3 Å². The van der Waals surface area contributed by atoms with Crippen LogP contribution in [0.15, 0.2) is 24.3 Å². The first-order valence-electron chi connectivity index (χ1n) is 5.78. The van der Waals surface area contributed by atoms with Gasteiger partial charge in [0.25, 0.3) is 0 Å². The van der Waals surface area contributed by atoms with Gasteiger partial charge in [-0.3, -0.25) is 0 Å². The van der Waals surface area contributed by atoms with Gasteiger partial charge in [0, 0.05) is 12.3 Å². The van der Waals surface area contributed by atoms with Crippen LogP contribution < -0.4 is 10.1 Å². The second-order valence-electron chi connectivity index (χ2n) is 3.54. The Kier molecular flexibility index (Phi) is 7.10. The molecule has 0 spiro atoms. The Morgan fingerprint density at radius 2 is 1.94 bits per heavy atom. The maximum Gasteiger partial charge on any atom is 0.118 e. The quantitative estimate of drug-likeness (QED) is 0.705. The first-order chi connectivity index (χ1) is 7.86. The molecule has 0 aliphatic heterocycles. The third kappa shape index (κ3) is 5.42. The lowest BCUT2D eigenvalue weighted by Gasteiger charge is -2.05. The summed E-state index contributed by atoms with van der Waals surface area (Å²) in [5.74, 6) is 3.34. The van der Waals surface area contributed by atoms with Gasteiger partial charge < -0.3 is 10.1 Å². The molecule has 0 amide bonds. The van der Waals surface area contributed by atoms with Gasteiger partial charge in [0.1, 0.15) is 5.75 Å². The summed E-state index contributed by atoms with van der Waals surface area (Å²) in [5, 5.41) is 3.45. The number of thioether (sulfide) groups is 1. The second kappa shape index (κ2) is 8.48. The largest absolute Gasteiger partial charge is 0.497 e. The highest BCUT2D eigenvalue weighted by atomic mass is 32.2. The lowest BCUT2D eigenvalue weighted by atomic mass is 10.1. The third-order valence-electron chi connectivity index (χ3n) is 2.38.